The third kappa shape index (κ3) is 6.05. The number of hydrogen-bond donors (Lipinski definition) is 0. The van der Waals surface area contributed by atoms with E-state index >= 15 is 0 Å². The topological polar surface area (TPSA) is 44.8 Å². The monoisotopic (exact) mass is 256 g/mol. The molecule has 1 rings (SSSR count). The maximum absolute atomic E-state index is 11.0. The van der Waals surface area contributed by atoms with Crippen molar-refractivity contribution < 1.29 is 19.0 Å². The van der Waals surface area contributed by atoms with Gasteiger partial charge in [-0.05, 0) is 52.5 Å². The first-order valence-corrected chi connectivity index (χ1v) is 6.50. The van der Waals surface area contributed by atoms with Crippen molar-refractivity contribution in [3.8, 4) is 0 Å². The minimum absolute atomic E-state index is 0.111. The highest BCUT2D eigenvalue weighted by Crippen LogP contribution is 2.21. The smallest absolute Gasteiger partial charge is 0.438 e. The number of rotatable bonds is 2. The van der Waals surface area contributed by atoms with Gasteiger partial charge in [-0.1, -0.05) is 6.08 Å². The first kappa shape index (κ1) is 15.0. The van der Waals surface area contributed by atoms with E-state index in [1.807, 2.05) is 12.2 Å². The van der Waals surface area contributed by atoms with Crippen LogP contribution in [0.4, 0.5) is 4.79 Å². The molecule has 0 aromatic heterocycles. The van der Waals surface area contributed by atoms with Crippen LogP contribution in [0.15, 0.2) is 12.2 Å². The first-order chi connectivity index (χ1) is 8.40. The van der Waals surface area contributed by atoms with Gasteiger partial charge in [0.1, 0.15) is 6.10 Å². The third-order valence-electron chi connectivity index (χ3n) is 2.70. The van der Waals surface area contributed by atoms with Crippen molar-refractivity contribution in [2.45, 2.75) is 64.3 Å². The van der Waals surface area contributed by atoms with E-state index in [0.717, 1.165) is 25.7 Å². The van der Waals surface area contributed by atoms with E-state index in [0.29, 0.717) is 0 Å². The number of ether oxygens (including phenoxy) is 3. The summed E-state index contributed by atoms with van der Waals surface area (Å²) < 4.78 is 15.6. The Morgan fingerprint density at radius 1 is 1.28 bits per heavy atom. The fourth-order valence-corrected chi connectivity index (χ4v) is 2.02. The highest BCUT2D eigenvalue weighted by atomic mass is 16.7. The summed E-state index contributed by atoms with van der Waals surface area (Å²) in [4.78, 5) is 11.0. The average Bonchev–Trinajstić information content (AvgIpc) is 2.22. The van der Waals surface area contributed by atoms with E-state index in [-0.39, 0.29) is 17.8 Å². The molecule has 0 heterocycles. The Balaban J connectivity index is 2.45. The van der Waals surface area contributed by atoms with Crippen LogP contribution >= 0.6 is 0 Å². The molecule has 1 aliphatic carbocycles. The lowest BCUT2D eigenvalue weighted by Crippen LogP contribution is -2.28. The summed E-state index contributed by atoms with van der Waals surface area (Å²) in [6.07, 6.45) is 7.06. The standard InChI is InChI=1S/C14H24O4/c1-14(2,3)18-12-9-5-7-11(8-6-10-12)17-13(15)16-4/h5,7,11-12H,6,8-10H2,1-4H3/b7-5+. The van der Waals surface area contributed by atoms with Crippen molar-refractivity contribution in [1.82, 2.24) is 0 Å². The van der Waals surface area contributed by atoms with Crippen LogP contribution in [-0.4, -0.2) is 31.1 Å². The van der Waals surface area contributed by atoms with Crippen molar-refractivity contribution in [3.63, 3.8) is 0 Å². The van der Waals surface area contributed by atoms with Gasteiger partial charge >= 0.3 is 6.16 Å². The van der Waals surface area contributed by atoms with Crippen LogP contribution in [0.5, 0.6) is 0 Å². The van der Waals surface area contributed by atoms with Crippen molar-refractivity contribution in [2.24, 2.45) is 0 Å². The molecule has 4 heteroatoms. The van der Waals surface area contributed by atoms with E-state index in [1.54, 1.807) is 0 Å². The van der Waals surface area contributed by atoms with Crippen LogP contribution in [0.25, 0.3) is 0 Å². The third-order valence-corrected chi connectivity index (χ3v) is 2.70. The molecule has 0 saturated heterocycles. The quantitative estimate of drug-likeness (QED) is 0.560. The molecule has 0 amide bonds. The predicted octanol–water partition coefficient (Wildman–Crippen LogP) is 3.45. The average molecular weight is 256 g/mol. The summed E-state index contributed by atoms with van der Waals surface area (Å²) in [5.74, 6) is 0. The van der Waals surface area contributed by atoms with Crippen LogP contribution in [-0.2, 0) is 14.2 Å². The van der Waals surface area contributed by atoms with Crippen molar-refractivity contribution in [1.29, 1.82) is 0 Å². The van der Waals surface area contributed by atoms with Gasteiger partial charge in [0.2, 0.25) is 0 Å². The van der Waals surface area contributed by atoms with Gasteiger partial charge in [0.05, 0.1) is 18.8 Å². The lowest BCUT2D eigenvalue weighted by molar-refractivity contribution is -0.0636. The molecule has 2 atom stereocenters. The molecule has 0 bridgehead atoms. The molecule has 0 aromatic rings. The highest BCUT2D eigenvalue weighted by Gasteiger charge is 2.20. The molecule has 2 unspecified atom stereocenters. The summed E-state index contributed by atoms with van der Waals surface area (Å²) in [6, 6.07) is 0. The molecular weight excluding hydrogens is 232 g/mol. The SMILES string of the molecule is COC(=O)OC1/C=C/CC(OC(C)(C)C)CCC1. The largest absolute Gasteiger partial charge is 0.508 e. The second-order valence-corrected chi connectivity index (χ2v) is 5.56. The van der Waals surface area contributed by atoms with Gasteiger partial charge < -0.3 is 14.2 Å². The van der Waals surface area contributed by atoms with Crippen molar-refractivity contribution >= 4 is 6.16 Å². The Morgan fingerprint density at radius 2 is 2.00 bits per heavy atom. The summed E-state index contributed by atoms with van der Waals surface area (Å²) in [5, 5.41) is 0. The number of carbonyl (C=O) groups excluding carboxylic acids is 1. The summed E-state index contributed by atoms with van der Waals surface area (Å²) >= 11 is 0. The molecule has 104 valence electrons. The van der Waals surface area contributed by atoms with Crippen LogP contribution in [0.3, 0.4) is 0 Å². The molecule has 0 N–H and O–H groups in total. The van der Waals surface area contributed by atoms with Gasteiger partial charge in [0.25, 0.3) is 0 Å². The van der Waals surface area contributed by atoms with Crippen LogP contribution in [0.2, 0.25) is 0 Å². The van der Waals surface area contributed by atoms with E-state index < -0.39 is 6.16 Å². The van der Waals surface area contributed by atoms with Crippen molar-refractivity contribution in [2.75, 3.05) is 7.11 Å². The second-order valence-electron chi connectivity index (χ2n) is 5.56. The van der Waals surface area contributed by atoms with Gasteiger partial charge in [0.15, 0.2) is 0 Å². The Kier molecular flexibility index (Phi) is 5.66. The maximum atomic E-state index is 11.0. The maximum Gasteiger partial charge on any atom is 0.508 e. The van der Waals surface area contributed by atoms with Gasteiger partial charge in [0, 0.05) is 0 Å². The molecule has 0 saturated carbocycles. The Hall–Kier alpha value is -1.03. The van der Waals surface area contributed by atoms with Crippen LogP contribution < -0.4 is 0 Å². The molecule has 4 nitrogen and oxygen atoms in total. The summed E-state index contributed by atoms with van der Waals surface area (Å²) in [5.41, 5.74) is -0.111. The molecule has 0 spiro atoms. The molecule has 0 aliphatic heterocycles. The van der Waals surface area contributed by atoms with E-state index in [2.05, 4.69) is 25.5 Å². The number of methoxy groups -OCH3 is 1. The zero-order valence-corrected chi connectivity index (χ0v) is 11.8. The fraction of sp³-hybridized carbons (Fsp3) is 0.786. The molecule has 0 fully saturated rings. The molecule has 1 aliphatic rings. The Morgan fingerprint density at radius 3 is 2.61 bits per heavy atom. The van der Waals surface area contributed by atoms with Gasteiger partial charge in [-0.15, -0.1) is 0 Å². The highest BCUT2D eigenvalue weighted by molar-refractivity contribution is 5.60. The van der Waals surface area contributed by atoms with E-state index in [9.17, 15) is 4.79 Å². The molecule has 0 aromatic carbocycles. The zero-order chi connectivity index (χ0) is 13.6. The van der Waals surface area contributed by atoms with Gasteiger partial charge in [-0.2, -0.15) is 0 Å². The number of carbonyl (C=O) groups is 1. The van der Waals surface area contributed by atoms with E-state index in [1.165, 1.54) is 7.11 Å². The lowest BCUT2D eigenvalue weighted by Gasteiger charge is -2.28. The zero-order valence-electron chi connectivity index (χ0n) is 11.8. The van der Waals surface area contributed by atoms with Gasteiger partial charge in [-0.3, -0.25) is 0 Å². The first-order valence-electron chi connectivity index (χ1n) is 6.50. The molecular formula is C14H24O4. The van der Waals surface area contributed by atoms with Crippen LogP contribution in [0, 0.1) is 0 Å². The minimum atomic E-state index is -0.618. The van der Waals surface area contributed by atoms with Gasteiger partial charge in [-0.25, -0.2) is 4.79 Å². The summed E-state index contributed by atoms with van der Waals surface area (Å²) in [7, 11) is 1.32. The van der Waals surface area contributed by atoms with Crippen molar-refractivity contribution in [3.05, 3.63) is 12.2 Å². The normalized spacial score (nSPS) is 26.9. The fourth-order valence-electron chi connectivity index (χ4n) is 2.02. The van der Waals surface area contributed by atoms with Crippen LogP contribution in [0.1, 0.15) is 46.5 Å². The number of hydrogen-bond acceptors (Lipinski definition) is 4. The van der Waals surface area contributed by atoms with E-state index in [4.69, 9.17) is 9.47 Å². The summed E-state index contributed by atoms with van der Waals surface area (Å²) in [6.45, 7) is 6.20. The molecule has 18 heavy (non-hydrogen) atoms. The Bertz CT molecular complexity index is 291. The lowest BCUT2D eigenvalue weighted by atomic mass is 10.0. The Labute approximate surface area is 109 Å². The minimum Gasteiger partial charge on any atom is -0.438 e. The second kappa shape index (κ2) is 6.78. The predicted molar refractivity (Wildman–Crippen MR) is 69.5 cm³/mol. The molecule has 0 radical (unpaired) electrons.